The van der Waals surface area contributed by atoms with Crippen LogP contribution in [0.3, 0.4) is 0 Å². The Kier molecular flexibility index (Phi) is 5.11. The number of nitrogens with one attached hydrogen (secondary N) is 2. The number of phenols is 1. The molecule has 2 aromatic carbocycles. The summed E-state index contributed by atoms with van der Waals surface area (Å²) in [5.41, 5.74) is 4.71. The molecule has 0 aliphatic carbocycles. The summed E-state index contributed by atoms with van der Waals surface area (Å²) in [6.45, 7) is 6.97. The van der Waals surface area contributed by atoms with E-state index in [-0.39, 0.29) is 11.3 Å². The molecule has 0 aromatic heterocycles. The first-order valence-electron chi connectivity index (χ1n) is 10.7. The number of hydrogen-bond donors (Lipinski definition) is 3. The van der Waals surface area contributed by atoms with Crippen LogP contribution in [0.1, 0.15) is 38.1 Å². The Labute approximate surface area is 190 Å². The number of benzene rings is 2. The highest BCUT2D eigenvalue weighted by Crippen LogP contribution is 2.44. The van der Waals surface area contributed by atoms with Gasteiger partial charge in [0.1, 0.15) is 24.1 Å². The molecular formula is C23H26N2O8. The Hall–Kier alpha value is -2.76. The maximum absolute atomic E-state index is 13.0. The van der Waals surface area contributed by atoms with Gasteiger partial charge in [0.2, 0.25) is 0 Å². The van der Waals surface area contributed by atoms with E-state index in [0.717, 1.165) is 5.39 Å². The number of carbonyl (C=O) groups excluding carboxylic acids is 2. The SMILES string of the molecule is CC1(C)OC2OC(C(=O)NNC(=O)c3ccc4ccccc4c3O)C3OC(C)(C)OC3C2O1. The summed E-state index contributed by atoms with van der Waals surface area (Å²) in [7, 11) is 0. The zero-order valence-electron chi connectivity index (χ0n) is 18.7. The molecule has 3 fully saturated rings. The van der Waals surface area contributed by atoms with Crippen molar-refractivity contribution in [3.05, 3.63) is 42.0 Å². The van der Waals surface area contributed by atoms with Gasteiger partial charge in [-0.1, -0.05) is 30.3 Å². The highest BCUT2D eigenvalue weighted by Gasteiger charge is 2.62. The number of rotatable bonds is 2. The Morgan fingerprint density at radius 3 is 2.30 bits per heavy atom. The van der Waals surface area contributed by atoms with Crippen molar-refractivity contribution in [3.8, 4) is 5.75 Å². The molecule has 3 saturated heterocycles. The number of ether oxygens (including phenoxy) is 5. The van der Waals surface area contributed by atoms with Crippen LogP contribution in [-0.4, -0.2) is 59.2 Å². The van der Waals surface area contributed by atoms with E-state index in [1.165, 1.54) is 6.07 Å². The fourth-order valence-electron chi connectivity index (χ4n) is 4.52. The normalized spacial score (nSPS) is 31.6. The Morgan fingerprint density at radius 1 is 0.848 bits per heavy atom. The first kappa shape index (κ1) is 22.1. The van der Waals surface area contributed by atoms with Crippen LogP contribution in [0.25, 0.3) is 10.8 Å². The average Bonchev–Trinajstić information content (AvgIpc) is 3.25. The third kappa shape index (κ3) is 3.94. The first-order chi connectivity index (χ1) is 15.5. The number of fused-ring (bicyclic) bond motifs is 4. The van der Waals surface area contributed by atoms with E-state index in [9.17, 15) is 14.7 Å². The van der Waals surface area contributed by atoms with Crippen molar-refractivity contribution in [3.63, 3.8) is 0 Å². The Balaban J connectivity index is 1.31. The van der Waals surface area contributed by atoms with Crippen LogP contribution in [0.4, 0.5) is 0 Å². The van der Waals surface area contributed by atoms with Crippen LogP contribution in [-0.2, 0) is 28.5 Å². The molecule has 10 nitrogen and oxygen atoms in total. The van der Waals surface area contributed by atoms with E-state index in [0.29, 0.717) is 5.39 Å². The molecule has 0 saturated carbocycles. The van der Waals surface area contributed by atoms with Crippen LogP contribution in [0.2, 0.25) is 0 Å². The molecule has 5 atom stereocenters. The first-order valence-corrected chi connectivity index (χ1v) is 10.7. The van der Waals surface area contributed by atoms with Crippen molar-refractivity contribution in [2.75, 3.05) is 0 Å². The number of carbonyl (C=O) groups is 2. The van der Waals surface area contributed by atoms with Crippen LogP contribution in [0.5, 0.6) is 5.75 Å². The van der Waals surface area contributed by atoms with Gasteiger partial charge in [-0.25, -0.2) is 0 Å². The third-order valence-electron chi connectivity index (χ3n) is 5.86. The molecule has 3 aliphatic heterocycles. The second-order valence-corrected chi connectivity index (χ2v) is 9.22. The van der Waals surface area contributed by atoms with Crippen LogP contribution in [0.15, 0.2) is 36.4 Å². The summed E-state index contributed by atoms with van der Waals surface area (Å²) in [6, 6.07) is 10.3. The highest BCUT2D eigenvalue weighted by atomic mass is 16.9. The van der Waals surface area contributed by atoms with Gasteiger partial charge in [-0.2, -0.15) is 0 Å². The molecule has 5 unspecified atom stereocenters. The van der Waals surface area contributed by atoms with Crippen molar-refractivity contribution < 1.29 is 38.4 Å². The van der Waals surface area contributed by atoms with Gasteiger partial charge < -0.3 is 28.8 Å². The van der Waals surface area contributed by atoms with Crippen LogP contribution >= 0.6 is 0 Å². The van der Waals surface area contributed by atoms with E-state index >= 15 is 0 Å². The standard InChI is InChI=1S/C23H26N2O8/c1-22(2)30-15-16(31-22)18-21(33-23(3,4)32-18)29-17(15)20(28)25-24-19(27)13-10-9-11-7-5-6-8-12(11)14(13)26/h5-10,15-18,21,26H,1-4H3,(H,24,27)(H,25,28). The van der Waals surface area contributed by atoms with E-state index in [1.807, 2.05) is 12.1 Å². The number of hydrogen-bond acceptors (Lipinski definition) is 8. The molecule has 0 radical (unpaired) electrons. The summed E-state index contributed by atoms with van der Waals surface area (Å²) < 4.78 is 29.5. The molecule has 2 amide bonds. The molecule has 10 heteroatoms. The van der Waals surface area contributed by atoms with Crippen LogP contribution in [0, 0.1) is 0 Å². The highest BCUT2D eigenvalue weighted by molar-refractivity contribution is 6.04. The maximum Gasteiger partial charge on any atom is 0.273 e. The van der Waals surface area contributed by atoms with E-state index in [1.54, 1.807) is 45.9 Å². The zero-order chi connectivity index (χ0) is 23.5. The summed E-state index contributed by atoms with van der Waals surface area (Å²) >= 11 is 0. The second kappa shape index (κ2) is 7.64. The van der Waals surface area contributed by atoms with Gasteiger partial charge in [0.05, 0.1) is 5.56 Å². The predicted octanol–water partition coefficient (Wildman–Crippen LogP) is 1.70. The lowest BCUT2D eigenvalue weighted by atomic mass is 9.98. The fraction of sp³-hybridized carbons (Fsp3) is 0.478. The zero-order valence-corrected chi connectivity index (χ0v) is 18.7. The minimum absolute atomic E-state index is 0.0207. The summed E-state index contributed by atoms with van der Waals surface area (Å²) in [5.74, 6) is -3.37. The van der Waals surface area contributed by atoms with E-state index in [2.05, 4.69) is 10.9 Å². The lowest BCUT2D eigenvalue weighted by Gasteiger charge is -2.36. The third-order valence-corrected chi connectivity index (χ3v) is 5.86. The topological polar surface area (TPSA) is 125 Å². The second-order valence-electron chi connectivity index (χ2n) is 9.22. The van der Waals surface area contributed by atoms with Crippen molar-refractivity contribution >= 4 is 22.6 Å². The minimum Gasteiger partial charge on any atom is -0.506 e. The lowest BCUT2D eigenvalue weighted by molar-refractivity contribution is -0.231. The average molecular weight is 458 g/mol. The number of aromatic hydroxyl groups is 1. The fourth-order valence-corrected chi connectivity index (χ4v) is 4.52. The lowest BCUT2D eigenvalue weighted by Crippen LogP contribution is -2.61. The van der Waals surface area contributed by atoms with Crippen molar-refractivity contribution in [1.82, 2.24) is 10.9 Å². The number of hydrazine groups is 1. The van der Waals surface area contributed by atoms with E-state index in [4.69, 9.17) is 23.7 Å². The summed E-state index contributed by atoms with van der Waals surface area (Å²) in [6.07, 6.45) is -3.91. The number of amides is 2. The van der Waals surface area contributed by atoms with E-state index < -0.39 is 54.1 Å². The Bertz CT molecular complexity index is 1120. The van der Waals surface area contributed by atoms with Gasteiger partial charge in [-0.05, 0) is 39.1 Å². The maximum atomic E-state index is 13.0. The smallest absolute Gasteiger partial charge is 0.273 e. The number of phenolic OH excluding ortho intramolecular Hbond substituents is 1. The van der Waals surface area contributed by atoms with Crippen molar-refractivity contribution in [1.29, 1.82) is 0 Å². The largest absolute Gasteiger partial charge is 0.506 e. The van der Waals surface area contributed by atoms with Gasteiger partial charge in [0.15, 0.2) is 24.0 Å². The monoisotopic (exact) mass is 458 g/mol. The molecule has 3 N–H and O–H groups in total. The molecule has 5 rings (SSSR count). The quantitative estimate of drug-likeness (QED) is 0.581. The van der Waals surface area contributed by atoms with Gasteiger partial charge in [0, 0.05) is 5.39 Å². The molecule has 33 heavy (non-hydrogen) atoms. The van der Waals surface area contributed by atoms with Gasteiger partial charge in [-0.3, -0.25) is 20.4 Å². The van der Waals surface area contributed by atoms with Gasteiger partial charge in [0.25, 0.3) is 11.8 Å². The molecule has 0 bridgehead atoms. The Morgan fingerprint density at radius 2 is 1.52 bits per heavy atom. The predicted molar refractivity (Wildman–Crippen MR) is 114 cm³/mol. The van der Waals surface area contributed by atoms with Gasteiger partial charge >= 0.3 is 0 Å². The molecule has 2 aromatic rings. The summed E-state index contributed by atoms with van der Waals surface area (Å²) in [5, 5.41) is 11.8. The molecule has 3 aliphatic rings. The summed E-state index contributed by atoms with van der Waals surface area (Å²) in [4.78, 5) is 25.7. The molecule has 176 valence electrons. The molecular weight excluding hydrogens is 432 g/mol. The minimum atomic E-state index is -1.12. The van der Waals surface area contributed by atoms with Crippen LogP contribution < -0.4 is 10.9 Å². The van der Waals surface area contributed by atoms with Crippen molar-refractivity contribution in [2.45, 2.75) is 70.0 Å². The molecule has 3 heterocycles. The van der Waals surface area contributed by atoms with Gasteiger partial charge in [-0.15, -0.1) is 0 Å². The van der Waals surface area contributed by atoms with Crippen molar-refractivity contribution in [2.24, 2.45) is 0 Å². The molecule has 0 spiro atoms.